The highest BCUT2D eigenvalue weighted by atomic mass is 32.2. The average molecular weight is 504 g/mol. The lowest BCUT2D eigenvalue weighted by Crippen LogP contribution is -2.36. The predicted molar refractivity (Wildman–Crippen MR) is 130 cm³/mol. The van der Waals surface area contributed by atoms with E-state index < -0.39 is 34.5 Å². The summed E-state index contributed by atoms with van der Waals surface area (Å²) in [6, 6.07) is 11.7. The zero-order chi connectivity index (χ0) is 24.0. The highest BCUT2D eigenvalue weighted by Crippen LogP contribution is 2.35. The molecule has 12 heteroatoms. The Kier molecular flexibility index (Phi) is 6.04. The zero-order valence-corrected chi connectivity index (χ0v) is 20.0. The highest BCUT2D eigenvalue weighted by molar-refractivity contribution is 7.84. The van der Waals surface area contributed by atoms with E-state index in [1.165, 1.54) is 15.6 Å². The molecule has 5 N–H and O–H groups in total. The van der Waals surface area contributed by atoms with Crippen LogP contribution in [0.25, 0.3) is 26.3 Å². The molecule has 4 atom stereocenters. The fraction of sp³-hybridized carbons (Fsp3) is 0.364. The molecule has 0 amide bonds. The Morgan fingerprint density at radius 1 is 1.24 bits per heavy atom. The van der Waals surface area contributed by atoms with Crippen molar-refractivity contribution in [2.24, 2.45) is 11.1 Å². The highest BCUT2D eigenvalue weighted by Gasteiger charge is 2.42. The first-order valence-corrected chi connectivity index (χ1v) is 13.2. The lowest BCUT2D eigenvalue weighted by atomic mass is 10.1. The van der Waals surface area contributed by atoms with E-state index in [4.69, 9.17) is 10.2 Å². The fourth-order valence-corrected chi connectivity index (χ4v) is 5.73. The largest absolute Gasteiger partial charge is 0.390 e. The Bertz CT molecular complexity index is 1450. The van der Waals surface area contributed by atoms with Gasteiger partial charge in [0, 0.05) is 22.9 Å². The summed E-state index contributed by atoms with van der Waals surface area (Å²) in [6.07, 6.45) is 0.622. The molecule has 3 aromatic heterocycles. The van der Waals surface area contributed by atoms with E-state index in [1.54, 1.807) is 28.1 Å². The monoisotopic (exact) mass is 503 g/mol. The van der Waals surface area contributed by atoms with Crippen LogP contribution in [0.1, 0.15) is 18.9 Å². The first kappa shape index (κ1) is 23.1. The van der Waals surface area contributed by atoms with Gasteiger partial charge < -0.3 is 15.5 Å². The van der Waals surface area contributed by atoms with Crippen molar-refractivity contribution in [1.29, 1.82) is 0 Å². The number of aryl methyl sites for hydroxylation is 1. The molecule has 10 nitrogen and oxygen atoms in total. The lowest BCUT2D eigenvalue weighted by molar-refractivity contribution is 0.00777. The van der Waals surface area contributed by atoms with Crippen molar-refractivity contribution < 1.29 is 22.8 Å². The number of nitrogens with two attached hydrogens (primary N) is 1. The second-order valence-corrected chi connectivity index (χ2v) is 10.8. The molecular formula is C22H25N5O5S2. The van der Waals surface area contributed by atoms with Crippen molar-refractivity contribution in [2.75, 3.05) is 11.9 Å². The van der Waals surface area contributed by atoms with E-state index in [2.05, 4.69) is 45.7 Å². The van der Waals surface area contributed by atoms with Crippen LogP contribution in [0.4, 0.5) is 5.82 Å². The number of aromatic nitrogens is 3. The van der Waals surface area contributed by atoms with Crippen LogP contribution in [0.15, 0.2) is 42.6 Å². The normalized spacial score (nSPS) is 23.2. The molecule has 1 fully saturated rings. The van der Waals surface area contributed by atoms with Crippen LogP contribution >= 0.6 is 11.3 Å². The Balaban J connectivity index is 1.40. The Hall–Kier alpha value is -2.61. The number of fused-ring (bicyclic) bond motifs is 2. The van der Waals surface area contributed by atoms with Gasteiger partial charge >= 0.3 is 10.3 Å². The molecule has 1 unspecified atom stereocenters. The number of thiophene rings is 1. The summed E-state index contributed by atoms with van der Waals surface area (Å²) in [5.74, 6) is -0.00205. The molecule has 1 aromatic carbocycles. The van der Waals surface area contributed by atoms with E-state index in [1.807, 2.05) is 6.07 Å². The number of benzene rings is 1. The molecule has 0 spiro atoms. The van der Waals surface area contributed by atoms with Gasteiger partial charge in [-0.05, 0) is 42.0 Å². The summed E-state index contributed by atoms with van der Waals surface area (Å²) in [5, 5.41) is 34.8. The predicted octanol–water partition coefficient (Wildman–Crippen LogP) is 1.92. The minimum absolute atomic E-state index is 0.284. The van der Waals surface area contributed by atoms with Crippen molar-refractivity contribution in [3.63, 3.8) is 0 Å². The van der Waals surface area contributed by atoms with Crippen LogP contribution in [0, 0.1) is 5.92 Å². The molecule has 34 heavy (non-hydrogen) atoms. The number of hydrogen-bond acceptors (Lipinski definition) is 9. The molecule has 1 aliphatic rings. The van der Waals surface area contributed by atoms with E-state index in [-0.39, 0.29) is 13.0 Å². The maximum absolute atomic E-state index is 11.1. The third kappa shape index (κ3) is 4.52. The van der Waals surface area contributed by atoms with Crippen LogP contribution in [-0.2, 0) is 20.9 Å². The second kappa shape index (κ2) is 8.87. The first-order valence-electron chi connectivity index (χ1n) is 10.9. The molecule has 4 aromatic rings. The third-order valence-corrected chi connectivity index (χ3v) is 7.78. The molecule has 5 rings (SSSR count). The molecular weight excluding hydrogens is 478 g/mol. The molecule has 0 bridgehead atoms. The van der Waals surface area contributed by atoms with Gasteiger partial charge in [-0.25, -0.2) is 10.1 Å². The van der Waals surface area contributed by atoms with Crippen LogP contribution < -0.4 is 10.5 Å². The van der Waals surface area contributed by atoms with Crippen LogP contribution in [0.2, 0.25) is 0 Å². The number of nitrogens with zero attached hydrogens (tertiary/aromatic N) is 3. The number of aliphatic hydroxyl groups excluding tert-OH is 2. The molecule has 1 saturated carbocycles. The summed E-state index contributed by atoms with van der Waals surface area (Å²) in [7, 11) is -4.13. The van der Waals surface area contributed by atoms with Crippen molar-refractivity contribution >= 4 is 43.2 Å². The van der Waals surface area contributed by atoms with E-state index in [9.17, 15) is 18.6 Å². The van der Waals surface area contributed by atoms with Crippen molar-refractivity contribution in [2.45, 2.75) is 38.0 Å². The average Bonchev–Trinajstić information content (AvgIpc) is 3.49. The summed E-state index contributed by atoms with van der Waals surface area (Å²) in [6.45, 7) is 1.82. The molecule has 0 radical (unpaired) electrons. The van der Waals surface area contributed by atoms with Gasteiger partial charge in [0.1, 0.15) is 17.6 Å². The zero-order valence-electron chi connectivity index (χ0n) is 18.3. The Labute approximate surface area is 200 Å². The smallest absolute Gasteiger partial charge is 0.333 e. The van der Waals surface area contributed by atoms with Crippen LogP contribution in [0.5, 0.6) is 0 Å². The number of hydrogen-bond donors (Lipinski definition) is 4. The molecule has 1 aliphatic carbocycles. The summed E-state index contributed by atoms with van der Waals surface area (Å²) < 4.78 is 29.6. The lowest BCUT2D eigenvalue weighted by Gasteiger charge is -2.19. The van der Waals surface area contributed by atoms with Gasteiger partial charge in [-0.3, -0.25) is 4.18 Å². The van der Waals surface area contributed by atoms with Gasteiger partial charge in [0.25, 0.3) is 0 Å². The quantitative estimate of drug-likeness (QED) is 0.298. The minimum atomic E-state index is -4.13. The van der Waals surface area contributed by atoms with Gasteiger partial charge in [-0.1, -0.05) is 19.1 Å². The third-order valence-electron chi connectivity index (χ3n) is 6.18. The topological polar surface area (TPSA) is 152 Å². The molecule has 180 valence electrons. The van der Waals surface area contributed by atoms with Crippen molar-refractivity contribution in [1.82, 2.24) is 14.6 Å². The van der Waals surface area contributed by atoms with Gasteiger partial charge in [0.15, 0.2) is 5.65 Å². The summed E-state index contributed by atoms with van der Waals surface area (Å²) >= 11 is 1.66. The van der Waals surface area contributed by atoms with Crippen LogP contribution in [0.3, 0.4) is 0 Å². The number of nitrogens with one attached hydrogen (secondary N) is 1. The number of anilines is 1. The van der Waals surface area contributed by atoms with E-state index in [0.717, 1.165) is 17.0 Å². The van der Waals surface area contributed by atoms with Gasteiger partial charge in [-0.15, -0.1) is 11.3 Å². The number of rotatable bonds is 7. The SMILES string of the molecule is CCc1ccc2sc(-c3cc4nccc(N[C@@H]5CC(COS(N)(=O)=O)[C@@H](O)[C@H]5O)n4n3)cc2c1. The summed E-state index contributed by atoms with van der Waals surface area (Å²) in [4.78, 5) is 5.43. The van der Waals surface area contributed by atoms with Gasteiger partial charge in [0.2, 0.25) is 0 Å². The standard InChI is InChI=1S/C22H25N5O5S2/c1-2-12-3-4-17-13(7-12)9-18(33-17)15-10-20-24-6-5-19(27(20)26-15)25-16-8-14(21(28)22(16)29)11-32-34(23,30)31/h3-7,9-10,14,16,21-22,25,28-29H,2,8,11H2,1H3,(H2,23,30,31)/t14?,16-,21-,22+/m1/s1. The minimum Gasteiger partial charge on any atom is -0.390 e. The maximum atomic E-state index is 11.1. The van der Waals surface area contributed by atoms with E-state index in [0.29, 0.717) is 11.5 Å². The first-order chi connectivity index (χ1) is 16.2. The van der Waals surface area contributed by atoms with E-state index >= 15 is 0 Å². The fourth-order valence-electron chi connectivity index (χ4n) is 4.37. The van der Waals surface area contributed by atoms with Crippen molar-refractivity contribution in [3.05, 3.63) is 48.2 Å². The van der Waals surface area contributed by atoms with Gasteiger partial charge in [-0.2, -0.15) is 18.0 Å². The van der Waals surface area contributed by atoms with Gasteiger partial charge in [0.05, 0.1) is 23.6 Å². The molecule has 0 saturated heterocycles. The molecule has 0 aliphatic heterocycles. The Morgan fingerprint density at radius 3 is 2.82 bits per heavy atom. The molecule has 3 heterocycles. The maximum Gasteiger partial charge on any atom is 0.333 e. The summed E-state index contributed by atoms with van der Waals surface area (Å²) in [5.41, 5.74) is 2.70. The van der Waals surface area contributed by atoms with Crippen LogP contribution in [-0.4, -0.2) is 58.1 Å². The van der Waals surface area contributed by atoms with Crippen molar-refractivity contribution in [3.8, 4) is 10.6 Å². The number of aliphatic hydroxyl groups is 2. The Morgan fingerprint density at radius 2 is 2.06 bits per heavy atom. The second-order valence-electron chi connectivity index (χ2n) is 8.47.